The van der Waals surface area contributed by atoms with Crippen molar-refractivity contribution in [3.8, 4) is 0 Å². The first-order valence-electron chi connectivity index (χ1n) is 7.64. The van der Waals surface area contributed by atoms with Crippen molar-refractivity contribution in [2.24, 2.45) is 0 Å². The van der Waals surface area contributed by atoms with Crippen LogP contribution in [0.3, 0.4) is 0 Å². The van der Waals surface area contributed by atoms with E-state index in [1.165, 1.54) is 18.9 Å². The van der Waals surface area contributed by atoms with Gasteiger partial charge in [-0.3, -0.25) is 14.7 Å². The quantitative estimate of drug-likeness (QED) is 0.690. The maximum absolute atomic E-state index is 12.1. The SMILES string of the molecule is O=C(Cc1ccc2[nH]ccc(=O)c2c1)Nc1cc(C2CC2)[nH]n1. The highest BCUT2D eigenvalue weighted by atomic mass is 16.1. The van der Waals surface area contributed by atoms with Gasteiger partial charge in [-0.1, -0.05) is 6.07 Å². The second-order valence-electron chi connectivity index (χ2n) is 5.93. The lowest BCUT2D eigenvalue weighted by molar-refractivity contribution is -0.115. The van der Waals surface area contributed by atoms with Crippen molar-refractivity contribution in [3.05, 3.63) is 58.0 Å². The minimum atomic E-state index is -0.148. The molecule has 116 valence electrons. The Hall–Kier alpha value is -2.89. The van der Waals surface area contributed by atoms with E-state index in [-0.39, 0.29) is 17.8 Å². The Balaban J connectivity index is 1.49. The molecule has 1 amide bonds. The zero-order valence-corrected chi connectivity index (χ0v) is 12.4. The number of pyridine rings is 1. The first-order chi connectivity index (χ1) is 11.2. The summed E-state index contributed by atoms with van der Waals surface area (Å²) < 4.78 is 0. The molecule has 0 spiro atoms. The molecule has 3 N–H and O–H groups in total. The van der Waals surface area contributed by atoms with E-state index >= 15 is 0 Å². The van der Waals surface area contributed by atoms with Crippen molar-refractivity contribution in [2.45, 2.75) is 25.2 Å². The first kappa shape index (κ1) is 13.8. The molecule has 23 heavy (non-hydrogen) atoms. The number of aromatic amines is 2. The van der Waals surface area contributed by atoms with E-state index in [4.69, 9.17) is 0 Å². The Kier molecular flexibility index (Phi) is 3.22. The Morgan fingerprint density at radius 1 is 1.26 bits per heavy atom. The lowest BCUT2D eigenvalue weighted by Crippen LogP contribution is -2.15. The van der Waals surface area contributed by atoms with Gasteiger partial charge in [-0.25, -0.2) is 0 Å². The van der Waals surface area contributed by atoms with E-state index in [1.54, 1.807) is 12.3 Å². The topological polar surface area (TPSA) is 90.6 Å². The van der Waals surface area contributed by atoms with Crippen LogP contribution in [0.1, 0.15) is 30.0 Å². The van der Waals surface area contributed by atoms with Gasteiger partial charge in [0, 0.05) is 40.8 Å². The molecule has 1 fully saturated rings. The number of carbonyl (C=O) groups excluding carboxylic acids is 1. The molecule has 6 nitrogen and oxygen atoms in total. The van der Waals surface area contributed by atoms with Gasteiger partial charge in [-0.2, -0.15) is 5.10 Å². The average molecular weight is 308 g/mol. The lowest BCUT2D eigenvalue weighted by atomic mass is 10.1. The van der Waals surface area contributed by atoms with E-state index in [1.807, 2.05) is 18.2 Å². The Bertz CT molecular complexity index is 937. The second-order valence-corrected chi connectivity index (χ2v) is 5.93. The fourth-order valence-electron chi connectivity index (χ4n) is 2.70. The number of carbonyl (C=O) groups is 1. The van der Waals surface area contributed by atoms with Crippen LogP contribution in [0, 0.1) is 0 Å². The number of aromatic nitrogens is 3. The van der Waals surface area contributed by atoms with E-state index < -0.39 is 0 Å². The molecule has 1 aliphatic carbocycles. The van der Waals surface area contributed by atoms with E-state index in [0.29, 0.717) is 17.1 Å². The van der Waals surface area contributed by atoms with Gasteiger partial charge in [0.25, 0.3) is 0 Å². The number of hydrogen-bond donors (Lipinski definition) is 3. The predicted molar refractivity (Wildman–Crippen MR) is 87.5 cm³/mol. The van der Waals surface area contributed by atoms with Crippen molar-refractivity contribution in [1.29, 1.82) is 0 Å². The molecule has 1 aromatic carbocycles. The average Bonchev–Trinajstić information content (AvgIpc) is 3.29. The van der Waals surface area contributed by atoms with Gasteiger partial charge >= 0.3 is 0 Å². The van der Waals surface area contributed by atoms with Gasteiger partial charge in [0.15, 0.2) is 11.2 Å². The summed E-state index contributed by atoms with van der Waals surface area (Å²) in [5.74, 6) is 0.974. The maximum atomic E-state index is 12.1. The number of hydrogen-bond acceptors (Lipinski definition) is 3. The number of fused-ring (bicyclic) bond motifs is 1. The second kappa shape index (κ2) is 5.39. The zero-order valence-electron chi connectivity index (χ0n) is 12.4. The fourth-order valence-corrected chi connectivity index (χ4v) is 2.70. The number of rotatable bonds is 4. The molecule has 0 unspecified atom stereocenters. The van der Waals surface area contributed by atoms with Crippen LogP contribution in [0.15, 0.2) is 41.3 Å². The molecule has 4 rings (SSSR count). The summed E-state index contributed by atoms with van der Waals surface area (Å²) in [4.78, 5) is 27.0. The summed E-state index contributed by atoms with van der Waals surface area (Å²) in [5, 5.41) is 10.4. The van der Waals surface area contributed by atoms with Crippen LogP contribution < -0.4 is 10.7 Å². The Labute approximate surface area is 131 Å². The maximum Gasteiger partial charge on any atom is 0.229 e. The zero-order chi connectivity index (χ0) is 15.8. The molecule has 0 radical (unpaired) electrons. The fraction of sp³-hybridized carbons (Fsp3) is 0.235. The minimum absolute atomic E-state index is 0.0533. The highest BCUT2D eigenvalue weighted by molar-refractivity contribution is 5.92. The van der Waals surface area contributed by atoms with Gasteiger partial charge in [0.05, 0.1) is 6.42 Å². The van der Waals surface area contributed by atoms with Crippen LogP contribution in [0.2, 0.25) is 0 Å². The molecule has 0 saturated heterocycles. The third-order valence-corrected chi connectivity index (χ3v) is 4.07. The molecule has 0 atom stereocenters. The summed E-state index contributed by atoms with van der Waals surface area (Å²) in [6.07, 6.45) is 4.18. The normalized spacial score (nSPS) is 14.1. The van der Waals surface area contributed by atoms with Crippen LogP contribution in [0.4, 0.5) is 5.82 Å². The van der Waals surface area contributed by atoms with Gasteiger partial charge < -0.3 is 10.3 Å². The van der Waals surface area contributed by atoms with Crippen LogP contribution >= 0.6 is 0 Å². The van der Waals surface area contributed by atoms with Gasteiger partial charge in [-0.15, -0.1) is 0 Å². The summed E-state index contributed by atoms with van der Waals surface area (Å²) in [5.41, 5.74) is 2.59. The van der Waals surface area contributed by atoms with Crippen molar-refractivity contribution >= 4 is 22.6 Å². The van der Waals surface area contributed by atoms with Crippen molar-refractivity contribution in [1.82, 2.24) is 15.2 Å². The molecule has 2 heterocycles. The highest BCUT2D eigenvalue weighted by Gasteiger charge is 2.25. The van der Waals surface area contributed by atoms with Crippen molar-refractivity contribution < 1.29 is 4.79 Å². The Morgan fingerprint density at radius 2 is 2.13 bits per heavy atom. The standard InChI is InChI=1S/C17H16N4O2/c22-15-5-6-18-13-4-1-10(7-12(13)15)8-17(23)19-16-9-14(20-21-16)11-2-3-11/h1,4-7,9,11H,2-3,8H2,(H,18,22)(H2,19,20,21,23). The van der Waals surface area contributed by atoms with Gasteiger partial charge in [0.1, 0.15) is 0 Å². The molecule has 3 aromatic rings. The van der Waals surface area contributed by atoms with Gasteiger partial charge in [-0.05, 0) is 30.5 Å². The molecule has 1 aliphatic rings. The summed E-state index contributed by atoms with van der Waals surface area (Å²) >= 11 is 0. The first-order valence-corrected chi connectivity index (χ1v) is 7.64. The predicted octanol–water partition coefficient (Wildman–Crippen LogP) is 2.31. The number of nitrogens with zero attached hydrogens (tertiary/aromatic N) is 1. The Morgan fingerprint density at radius 3 is 2.96 bits per heavy atom. The summed E-state index contributed by atoms with van der Waals surface area (Å²) in [6, 6.07) is 8.79. The van der Waals surface area contributed by atoms with E-state index in [9.17, 15) is 9.59 Å². The molecule has 2 aromatic heterocycles. The molecule has 0 bridgehead atoms. The third kappa shape index (κ3) is 2.88. The smallest absolute Gasteiger partial charge is 0.229 e. The number of amides is 1. The van der Waals surface area contributed by atoms with Crippen LogP contribution in [-0.2, 0) is 11.2 Å². The molecule has 0 aliphatic heterocycles. The number of nitrogens with one attached hydrogen (secondary N) is 3. The minimum Gasteiger partial charge on any atom is -0.361 e. The van der Waals surface area contributed by atoms with E-state index in [2.05, 4.69) is 20.5 Å². The van der Waals surface area contributed by atoms with Crippen LogP contribution in [0.25, 0.3) is 10.9 Å². The molecule has 1 saturated carbocycles. The largest absolute Gasteiger partial charge is 0.361 e. The van der Waals surface area contributed by atoms with Crippen LogP contribution in [0.5, 0.6) is 0 Å². The van der Waals surface area contributed by atoms with Crippen molar-refractivity contribution in [3.63, 3.8) is 0 Å². The van der Waals surface area contributed by atoms with E-state index in [0.717, 1.165) is 16.8 Å². The summed E-state index contributed by atoms with van der Waals surface area (Å²) in [6.45, 7) is 0. The number of anilines is 1. The number of benzene rings is 1. The van der Waals surface area contributed by atoms with Crippen molar-refractivity contribution in [2.75, 3.05) is 5.32 Å². The summed E-state index contributed by atoms with van der Waals surface area (Å²) in [7, 11) is 0. The monoisotopic (exact) mass is 308 g/mol. The molecule has 6 heteroatoms. The number of H-pyrrole nitrogens is 2. The third-order valence-electron chi connectivity index (χ3n) is 4.07. The van der Waals surface area contributed by atoms with Crippen LogP contribution in [-0.4, -0.2) is 21.1 Å². The van der Waals surface area contributed by atoms with Gasteiger partial charge in [0.2, 0.25) is 5.91 Å². The molecular formula is C17H16N4O2. The highest BCUT2D eigenvalue weighted by Crippen LogP contribution is 2.39. The molecular weight excluding hydrogens is 292 g/mol. The lowest BCUT2D eigenvalue weighted by Gasteiger charge is -2.04.